The average molecular weight is 403 g/mol. The van der Waals surface area contributed by atoms with Crippen molar-refractivity contribution in [3.8, 4) is 22.9 Å². The van der Waals surface area contributed by atoms with Gasteiger partial charge in [0.1, 0.15) is 5.75 Å². The fourth-order valence-corrected chi connectivity index (χ4v) is 3.28. The normalized spacial score (nSPS) is 14.7. The van der Waals surface area contributed by atoms with Gasteiger partial charge in [0, 0.05) is 31.9 Å². The maximum absolute atomic E-state index is 13.2. The molecule has 1 amide bonds. The highest BCUT2D eigenvalue weighted by molar-refractivity contribution is 6.02. The first-order chi connectivity index (χ1) is 13.9. The van der Waals surface area contributed by atoms with Crippen LogP contribution >= 0.6 is 0 Å². The lowest BCUT2D eigenvalue weighted by atomic mass is 10.2. The molecule has 0 radical (unpaired) electrons. The second kappa shape index (κ2) is 8.44. The molecular formula is C20H25N3O6. The van der Waals surface area contributed by atoms with Crippen molar-refractivity contribution >= 4 is 11.9 Å². The molecule has 0 bridgehead atoms. The summed E-state index contributed by atoms with van der Waals surface area (Å²) in [6, 6.07) is 6.56. The molecule has 1 aliphatic heterocycles. The lowest BCUT2D eigenvalue weighted by Gasteiger charge is -2.32. The number of aromatic hydroxyl groups is 2. The van der Waals surface area contributed by atoms with Gasteiger partial charge in [-0.1, -0.05) is 0 Å². The van der Waals surface area contributed by atoms with E-state index in [1.807, 2.05) is 7.05 Å². The van der Waals surface area contributed by atoms with E-state index in [4.69, 9.17) is 9.47 Å². The molecule has 29 heavy (non-hydrogen) atoms. The zero-order valence-corrected chi connectivity index (χ0v) is 16.7. The van der Waals surface area contributed by atoms with Gasteiger partial charge in [0.25, 0.3) is 5.91 Å². The number of rotatable bonds is 5. The molecule has 1 fully saturated rings. The number of hydrogen-bond acceptors (Lipinski definition) is 7. The highest BCUT2D eigenvalue weighted by atomic mass is 16.5. The number of esters is 1. The van der Waals surface area contributed by atoms with Gasteiger partial charge >= 0.3 is 5.97 Å². The summed E-state index contributed by atoms with van der Waals surface area (Å²) in [4.78, 5) is 29.4. The van der Waals surface area contributed by atoms with Crippen LogP contribution in [0.5, 0.6) is 17.2 Å². The van der Waals surface area contributed by atoms with Crippen molar-refractivity contribution in [3.63, 3.8) is 0 Å². The van der Waals surface area contributed by atoms with Crippen LogP contribution in [0.2, 0.25) is 0 Å². The van der Waals surface area contributed by atoms with E-state index in [9.17, 15) is 19.8 Å². The first kappa shape index (κ1) is 20.5. The standard InChI is InChI=1S/C20H25N3O6/c1-4-29-20(27)16-18(25)17(24)15(19(26)22-11-9-21(2)10-12-22)23(16)13-5-7-14(28-3)8-6-13/h5-8,24-25H,4,9-12H2,1-3H3. The Hall–Kier alpha value is -3.20. The van der Waals surface area contributed by atoms with Crippen LogP contribution in [-0.4, -0.2) is 83.4 Å². The van der Waals surface area contributed by atoms with Crippen molar-refractivity contribution in [2.24, 2.45) is 0 Å². The topological polar surface area (TPSA) is 104 Å². The molecule has 0 unspecified atom stereocenters. The summed E-state index contributed by atoms with van der Waals surface area (Å²) in [5, 5.41) is 21.0. The van der Waals surface area contributed by atoms with Crippen LogP contribution in [0, 0.1) is 0 Å². The molecule has 9 nitrogen and oxygen atoms in total. The first-order valence-corrected chi connectivity index (χ1v) is 9.35. The molecule has 0 aliphatic carbocycles. The third-order valence-corrected chi connectivity index (χ3v) is 4.91. The van der Waals surface area contributed by atoms with Crippen LogP contribution in [-0.2, 0) is 4.74 Å². The molecule has 0 spiro atoms. The largest absolute Gasteiger partial charge is 0.503 e. The molecule has 0 saturated carbocycles. The fourth-order valence-electron chi connectivity index (χ4n) is 3.28. The molecule has 2 heterocycles. The molecule has 0 atom stereocenters. The van der Waals surface area contributed by atoms with Crippen LogP contribution in [0.4, 0.5) is 0 Å². The second-order valence-electron chi connectivity index (χ2n) is 6.74. The van der Waals surface area contributed by atoms with Crippen molar-refractivity contribution in [2.45, 2.75) is 6.92 Å². The van der Waals surface area contributed by atoms with Gasteiger partial charge in [0.15, 0.2) is 22.9 Å². The van der Waals surface area contributed by atoms with Crippen LogP contribution < -0.4 is 4.74 Å². The summed E-state index contributed by atoms with van der Waals surface area (Å²) in [6.07, 6.45) is 0. The maximum Gasteiger partial charge on any atom is 0.359 e. The van der Waals surface area contributed by atoms with Crippen LogP contribution in [0.1, 0.15) is 27.9 Å². The predicted molar refractivity (Wildman–Crippen MR) is 105 cm³/mol. The molecule has 9 heteroatoms. The Kier molecular flexibility index (Phi) is 5.97. The van der Waals surface area contributed by atoms with E-state index < -0.39 is 23.4 Å². The summed E-state index contributed by atoms with van der Waals surface area (Å²) in [5.41, 5.74) is -0.0748. The molecule has 1 saturated heterocycles. The van der Waals surface area contributed by atoms with Crippen molar-refractivity contribution < 1.29 is 29.3 Å². The van der Waals surface area contributed by atoms with Crippen LogP contribution in [0.3, 0.4) is 0 Å². The second-order valence-corrected chi connectivity index (χ2v) is 6.74. The van der Waals surface area contributed by atoms with E-state index in [-0.39, 0.29) is 18.0 Å². The Labute approximate surface area is 168 Å². The van der Waals surface area contributed by atoms with E-state index in [0.717, 1.165) is 0 Å². The number of ether oxygens (including phenoxy) is 2. The Morgan fingerprint density at radius 1 is 1.00 bits per heavy atom. The lowest BCUT2D eigenvalue weighted by molar-refractivity contribution is 0.0513. The van der Waals surface area contributed by atoms with Crippen LogP contribution in [0.25, 0.3) is 5.69 Å². The minimum atomic E-state index is -0.839. The Bertz CT molecular complexity index is 898. The van der Waals surface area contributed by atoms with Crippen LogP contribution in [0.15, 0.2) is 24.3 Å². The highest BCUT2D eigenvalue weighted by Gasteiger charge is 2.35. The number of carbonyl (C=O) groups is 2. The maximum atomic E-state index is 13.2. The smallest absolute Gasteiger partial charge is 0.359 e. The van der Waals surface area contributed by atoms with Gasteiger partial charge in [-0.25, -0.2) is 4.79 Å². The molecule has 2 aromatic rings. The molecule has 156 valence electrons. The van der Waals surface area contributed by atoms with Gasteiger partial charge in [-0.15, -0.1) is 0 Å². The summed E-state index contributed by atoms with van der Waals surface area (Å²) in [5.74, 6) is -2.06. The summed E-state index contributed by atoms with van der Waals surface area (Å²) in [6.45, 7) is 4.02. The Balaban J connectivity index is 2.14. The number of aromatic nitrogens is 1. The van der Waals surface area contributed by atoms with Crippen molar-refractivity contribution in [3.05, 3.63) is 35.7 Å². The minimum Gasteiger partial charge on any atom is -0.503 e. The molecule has 3 rings (SSSR count). The van der Waals surface area contributed by atoms with Gasteiger partial charge in [-0.3, -0.25) is 9.36 Å². The molecule has 1 aromatic heterocycles. The third-order valence-electron chi connectivity index (χ3n) is 4.91. The van der Waals surface area contributed by atoms with Crippen molar-refractivity contribution in [1.82, 2.24) is 14.4 Å². The number of nitrogens with zero attached hydrogens (tertiary/aromatic N) is 3. The number of benzene rings is 1. The molecule has 2 N–H and O–H groups in total. The Morgan fingerprint density at radius 3 is 2.14 bits per heavy atom. The van der Waals surface area contributed by atoms with Crippen molar-refractivity contribution in [1.29, 1.82) is 0 Å². The SMILES string of the molecule is CCOC(=O)c1c(O)c(O)c(C(=O)N2CCN(C)CC2)n1-c1ccc(OC)cc1. The van der Waals surface area contributed by atoms with E-state index in [0.29, 0.717) is 37.6 Å². The van der Waals surface area contributed by atoms with Gasteiger partial charge in [-0.05, 0) is 38.2 Å². The molecule has 1 aliphatic rings. The monoisotopic (exact) mass is 403 g/mol. The lowest BCUT2D eigenvalue weighted by Crippen LogP contribution is -2.47. The zero-order valence-electron chi connectivity index (χ0n) is 16.7. The number of likely N-dealkylation sites (N-methyl/N-ethyl adjacent to an activating group) is 1. The van der Waals surface area contributed by atoms with Gasteiger partial charge in [0.2, 0.25) is 0 Å². The number of hydrogen-bond donors (Lipinski definition) is 2. The summed E-state index contributed by atoms with van der Waals surface area (Å²) < 4.78 is 11.4. The fraction of sp³-hybridized carbons (Fsp3) is 0.400. The highest BCUT2D eigenvalue weighted by Crippen LogP contribution is 2.39. The van der Waals surface area contributed by atoms with E-state index >= 15 is 0 Å². The van der Waals surface area contributed by atoms with Crippen molar-refractivity contribution in [2.75, 3.05) is 46.9 Å². The van der Waals surface area contributed by atoms with E-state index in [2.05, 4.69) is 4.90 Å². The number of methoxy groups -OCH3 is 1. The zero-order chi connectivity index (χ0) is 21.1. The molecular weight excluding hydrogens is 378 g/mol. The summed E-state index contributed by atoms with van der Waals surface area (Å²) in [7, 11) is 3.48. The number of piperazine rings is 1. The Morgan fingerprint density at radius 2 is 1.59 bits per heavy atom. The number of carbonyl (C=O) groups excluding carboxylic acids is 2. The summed E-state index contributed by atoms with van der Waals surface area (Å²) >= 11 is 0. The molecule has 1 aromatic carbocycles. The van der Waals surface area contributed by atoms with Gasteiger partial charge in [0.05, 0.1) is 13.7 Å². The van der Waals surface area contributed by atoms with Gasteiger partial charge < -0.3 is 29.5 Å². The van der Waals surface area contributed by atoms with E-state index in [1.54, 1.807) is 36.1 Å². The van der Waals surface area contributed by atoms with E-state index in [1.165, 1.54) is 11.7 Å². The average Bonchev–Trinajstić information content (AvgIpc) is 2.99. The predicted octanol–water partition coefficient (Wildman–Crippen LogP) is 1.46. The van der Waals surface area contributed by atoms with Gasteiger partial charge in [-0.2, -0.15) is 0 Å². The minimum absolute atomic E-state index is 0.0779. The quantitative estimate of drug-likeness (QED) is 0.729. The number of amides is 1. The third kappa shape index (κ3) is 3.86. The first-order valence-electron chi connectivity index (χ1n) is 9.35.